The van der Waals surface area contributed by atoms with Crippen LogP contribution in [-0.2, 0) is 9.59 Å². The van der Waals surface area contributed by atoms with Gasteiger partial charge in [0.25, 0.3) is 5.91 Å². The molecule has 0 aromatic heterocycles. The minimum atomic E-state index is -0.514. The Labute approximate surface area is 99.0 Å². The molecule has 17 heavy (non-hydrogen) atoms. The van der Waals surface area contributed by atoms with Gasteiger partial charge >= 0.3 is 0 Å². The van der Waals surface area contributed by atoms with E-state index in [2.05, 4.69) is 5.32 Å². The lowest BCUT2D eigenvalue weighted by atomic mass is 9.93. The van der Waals surface area contributed by atoms with Gasteiger partial charge in [0, 0.05) is 12.0 Å². The van der Waals surface area contributed by atoms with E-state index in [-0.39, 0.29) is 23.9 Å². The summed E-state index contributed by atoms with van der Waals surface area (Å²) in [4.78, 5) is 34.4. The van der Waals surface area contributed by atoms with E-state index in [4.69, 9.17) is 0 Å². The van der Waals surface area contributed by atoms with Crippen molar-refractivity contribution < 1.29 is 14.4 Å². The molecule has 1 aliphatic carbocycles. The van der Waals surface area contributed by atoms with Crippen molar-refractivity contribution in [1.29, 1.82) is 0 Å². The third-order valence-corrected chi connectivity index (χ3v) is 2.81. The molecule has 1 atom stereocenters. The van der Waals surface area contributed by atoms with Crippen molar-refractivity contribution in [3.8, 4) is 0 Å². The number of hydrogen-bond acceptors (Lipinski definition) is 3. The predicted molar refractivity (Wildman–Crippen MR) is 61.6 cm³/mol. The molecule has 1 unspecified atom stereocenters. The molecule has 4 heteroatoms. The average Bonchev–Trinajstić information content (AvgIpc) is 2.34. The topological polar surface area (TPSA) is 63.2 Å². The first-order valence-corrected chi connectivity index (χ1v) is 5.57. The monoisotopic (exact) mass is 231 g/mol. The van der Waals surface area contributed by atoms with Crippen LogP contribution in [0, 0.1) is 0 Å². The number of carbonyl (C=O) groups is 3. The normalized spacial score (nSPS) is 20.1. The van der Waals surface area contributed by atoms with Crippen LogP contribution < -0.4 is 5.32 Å². The average molecular weight is 231 g/mol. The van der Waals surface area contributed by atoms with Crippen molar-refractivity contribution in [3.63, 3.8) is 0 Å². The zero-order valence-electron chi connectivity index (χ0n) is 9.31. The summed E-state index contributed by atoms with van der Waals surface area (Å²) in [7, 11) is 0. The van der Waals surface area contributed by atoms with Gasteiger partial charge in [-0.15, -0.1) is 0 Å². The van der Waals surface area contributed by atoms with Gasteiger partial charge in [0.1, 0.15) is 5.78 Å². The van der Waals surface area contributed by atoms with Gasteiger partial charge in [-0.2, -0.15) is 0 Å². The van der Waals surface area contributed by atoms with Crippen molar-refractivity contribution in [1.82, 2.24) is 5.32 Å². The maximum atomic E-state index is 11.8. The summed E-state index contributed by atoms with van der Waals surface area (Å²) in [6.45, 7) is 0. The van der Waals surface area contributed by atoms with Crippen molar-refractivity contribution >= 4 is 17.5 Å². The fraction of sp³-hybridized carbons (Fsp3) is 0.308. The van der Waals surface area contributed by atoms with Crippen molar-refractivity contribution in [2.75, 3.05) is 0 Å². The van der Waals surface area contributed by atoms with Gasteiger partial charge in [-0.3, -0.25) is 14.4 Å². The standard InChI is InChI=1S/C13H13NO3/c15-10-6-7-11(12(16)8-10)14-13(17)9-4-2-1-3-5-9/h1-5,11H,6-8H2,(H,14,17). The van der Waals surface area contributed by atoms with Crippen LogP contribution in [0.15, 0.2) is 30.3 Å². The Balaban J connectivity index is 2.00. The highest BCUT2D eigenvalue weighted by Gasteiger charge is 2.28. The molecule has 1 amide bonds. The van der Waals surface area contributed by atoms with Crippen LogP contribution in [-0.4, -0.2) is 23.5 Å². The van der Waals surface area contributed by atoms with Crippen LogP contribution in [0.3, 0.4) is 0 Å². The molecule has 0 saturated heterocycles. The second-order valence-electron chi connectivity index (χ2n) is 4.11. The number of Topliss-reactive ketones (excluding diaryl/α,β-unsaturated/α-hetero) is 2. The number of benzene rings is 1. The van der Waals surface area contributed by atoms with Crippen LogP contribution in [0.4, 0.5) is 0 Å². The fourth-order valence-electron chi connectivity index (χ4n) is 1.86. The second kappa shape index (κ2) is 4.91. The molecular weight excluding hydrogens is 218 g/mol. The lowest BCUT2D eigenvalue weighted by molar-refractivity contribution is -0.131. The maximum Gasteiger partial charge on any atom is 0.251 e. The predicted octanol–water partition coefficient (Wildman–Crippen LogP) is 1.11. The molecule has 1 fully saturated rings. The molecule has 0 radical (unpaired) electrons. The molecular formula is C13H13NO3. The lowest BCUT2D eigenvalue weighted by Crippen LogP contribution is -2.44. The van der Waals surface area contributed by atoms with Gasteiger partial charge < -0.3 is 5.32 Å². The molecule has 0 spiro atoms. The first-order valence-electron chi connectivity index (χ1n) is 5.57. The highest BCUT2D eigenvalue weighted by molar-refractivity contribution is 6.06. The highest BCUT2D eigenvalue weighted by atomic mass is 16.2. The van der Waals surface area contributed by atoms with E-state index in [1.807, 2.05) is 6.07 Å². The van der Waals surface area contributed by atoms with E-state index in [0.717, 1.165) is 0 Å². The molecule has 0 aliphatic heterocycles. The number of rotatable bonds is 2. The second-order valence-corrected chi connectivity index (χ2v) is 4.11. The Morgan fingerprint density at radius 3 is 2.53 bits per heavy atom. The Hall–Kier alpha value is -1.97. The summed E-state index contributed by atoms with van der Waals surface area (Å²) >= 11 is 0. The van der Waals surface area contributed by atoms with E-state index in [9.17, 15) is 14.4 Å². The van der Waals surface area contributed by atoms with Crippen molar-refractivity contribution in [2.24, 2.45) is 0 Å². The molecule has 0 bridgehead atoms. The third-order valence-electron chi connectivity index (χ3n) is 2.81. The molecule has 1 N–H and O–H groups in total. The Kier molecular flexibility index (Phi) is 3.32. The number of hydrogen-bond donors (Lipinski definition) is 1. The fourth-order valence-corrected chi connectivity index (χ4v) is 1.86. The summed E-state index contributed by atoms with van der Waals surface area (Å²) < 4.78 is 0. The van der Waals surface area contributed by atoms with E-state index in [0.29, 0.717) is 18.4 Å². The summed E-state index contributed by atoms with van der Waals surface area (Å²) in [5, 5.41) is 2.66. The van der Waals surface area contributed by atoms with Crippen LogP contribution >= 0.6 is 0 Å². The van der Waals surface area contributed by atoms with Crippen molar-refractivity contribution in [2.45, 2.75) is 25.3 Å². The zero-order valence-corrected chi connectivity index (χ0v) is 9.31. The molecule has 0 heterocycles. The van der Waals surface area contributed by atoms with Gasteiger partial charge in [0.15, 0.2) is 5.78 Å². The van der Waals surface area contributed by atoms with E-state index < -0.39 is 6.04 Å². The minimum absolute atomic E-state index is 0.0415. The van der Waals surface area contributed by atoms with Crippen LogP contribution in [0.5, 0.6) is 0 Å². The molecule has 88 valence electrons. The van der Waals surface area contributed by atoms with E-state index >= 15 is 0 Å². The van der Waals surface area contributed by atoms with Crippen LogP contribution in [0.2, 0.25) is 0 Å². The smallest absolute Gasteiger partial charge is 0.251 e. The van der Waals surface area contributed by atoms with Gasteiger partial charge in [0.2, 0.25) is 0 Å². The van der Waals surface area contributed by atoms with E-state index in [1.165, 1.54) is 0 Å². The zero-order chi connectivity index (χ0) is 12.3. The number of nitrogens with one attached hydrogen (secondary N) is 1. The Morgan fingerprint density at radius 1 is 1.18 bits per heavy atom. The first-order chi connectivity index (χ1) is 8.16. The lowest BCUT2D eigenvalue weighted by Gasteiger charge is -2.20. The number of amides is 1. The number of ketones is 2. The highest BCUT2D eigenvalue weighted by Crippen LogP contribution is 2.12. The Bertz CT molecular complexity index is 453. The molecule has 1 aromatic rings. The van der Waals surface area contributed by atoms with Gasteiger partial charge in [-0.1, -0.05) is 18.2 Å². The summed E-state index contributed by atoms with van der Waals surface area (Å²) in [6.07, 6.45) is 0.724. The summed E-state index contributed by atoms with van der Waals surface area (Å²) in [6, 6.07) is 8.21. The first kappa shape index (κ1) is 11.5. The molecule has 2 rings (SSSR count). The molecule has 4 nitrogen and oxygen atoms in total. The van der Waals surface area contributed by atoms with E-state index in [1.54, 1.807) is 24.3 Å². The minimum Gasteiger partial charge on any atom is -0.342 e. The molecule has 1 saturated carbocycles. The largest absolute Gasteiger partial charge is 0.342 e. The summed E-state index contributed by atoms with van der Waals surface area (Å²) in [5.74, 6) is -0.496. The van der Waals surface area contributed by atoms with Gasteiger partial charge in [0.05, 0.1) is 12.5 Å². The van der Waals surface area contributed by atoms with Crippen LogP contribution in [0.1, 0.15) is 29.6 Å². The van der Waals surface area contributed by atoms with Crippen molar-refractivity contribution in [3.05, 3.63) is 35.9 Å². The Morgan fingerprint density at radius 2 is 1.88 bits per heavy atom. The maximum absolute atomic E-state index is 11.8. The van der Waals surface area contributed by atoms with Crippen LogP contribution in [0.25, 0.3) is 0 Å². The van der Waals surface area contributed by atoms with Gasteiger partial charge in [-0.25, -0.2) is 0 Å². The molecule has 1 aliphatic rings. The quantitative estimate of drug-likeness (QED) is 0.775. The molecule has 1 aromatic carbocycles. The number of carbonyl (C=O) groups excluding carboxylic acids is 3. The third kappa shape index (κ3) is 2.78. The SMILES string of the molecule is O=C1CCC(NC(=O)c2ccccc2)C(=O)C1. The van der Waals surface area contributed by atoms with Gasteiger partial charge in [-0.05, 0) is 18.6 Å². The summed E-state index contributed by atoms with van der Waals surface area (Å²) in [5.41, 5.74) is 0.525.